The molecule has 1 heterocycles. The van der Waals surface area contributed by atoms with Gasteiger partial charge in [-0.05, 0) is 55.5 Å². The van der Waals surface area contributed by atoms with Crippen LogP contribution in [0.15, 0.2) is 53.9 Å². The molecule has 6 heteroatoms. The Hall–Kier alpha value is -2.05. The second kappa shape index (κ2) is 8.70. The molecule has 0 aliphatic rings. The first kappa shape index (κ1) is 18.3. The third-order valence-electron chi connectivity index (χ3n) is 3.31. The normalized spacial score (nSPS) is 9.92. The summed E-state index contributed by atoms with van der Waals surface area (Å²) in [6.07, 6.45) is 0. The van der Waals surface area contributed by atoms with Crippen LogP contribution in [0, 0.1) is 0 Å². The maximum absolute atomic E-state index is 5.44. The molecule has 0 bridgehead atoms. The SMILES string of the molecule is Br.CCOc1ccc(Nc2nc(-c3ccc(OC)cc3)cs2)cc1. The number of aromatic nitrogens is 1. The molecule has 0 amide bonds. The highest BCUT2D eigenvalue weighted by molar-refractivity contribution is 8.93. The largest absolute Gasteiger partial charge is 0.497 e. The highest BCUT2D eigenvalue weighted by atomic mass is 79.9. The zero-order chi connectivity index (χ0) is 16.1. The Morgan fingerprint density at radius 2 is 1.67 bits per heavy atom. The fourth-order valence-corrected chi connectivity index (χ4v) is 2.89. The van der Waals surface area contributed by atoms with Crippen LogP contribution < -0.4 is 14.8 Å². The summed E-state index contributed by atoms with van der Waals surface area (Å²) in [7, 11) is 1.66. The van der Waals surface area contributed by atoms with Crippen molar-refractivity contribution in [3.8, 4) is 22.8 Å². The van der Waals surface area contributed by atoms with Crippen LogP contribution in [0.25, 0.3) is 11.3 Å². The zero-order valence-corrected chi connectivity index (χ0v) is 16.0. The van der Waals surface area contributed by atoms with Crippen LogP contribution in [0.1, 0.15) is 6.92 Å². The Kier molecular flexibility index (Phi) is 6.63. The molecule has 0 unspecified atom stereocenters. The Bertz CT molecular complexity index is 757. The van der Waals surface area contributed by atoms with Gasteiger partial charge in [-0.2, -0.15) is 0 Å². The summed E-state index contributed by atoms with van der Waals surface area (Å²) < 4.78 is 10.6. The summed E-state index contributed by atoms with van der Waals surface area (Å²) >= 11 is 1.58. The van der Waals surface area contributed by atoms with Gasteiger partial charge in [-0.3, -0.25) is 0 Å². The molecule has 0 atom stereocenters. The average molecular weight is 407 g/mol. The van der Waals surface area contributed by atoms with E-state index in [1.165, 1.54) is 0 Å². The van der Waals surface area contributed by atoms with Crippen LogP contribution in [0.5, 0.6) is 11.5 Å². The smallest absolute Gasteiger partial charge is 0.187 e. The van der Waals surface area contributed by atoms with E-state index in [9.17, 15) is 0 Å². The van der Waals surface area contributed by atoms with E-state index in [2.05, 4.69) is 10.3 Å². The Labute approximate surface area is 156 Å². The summed E-state index contributed by atoms with van der Waals surface area (Å²) in [6, 6.07) is 15.8. The van der Waals surface area contributed by atoms with Crippen molar-refractivity contribution in [2.24, 2.45) is 0 Å². The molecule has 126 valence electrons. The number of ether oxygens (including phenoxy) is 2. The summed E-state index contributed by atoms with van der Waals surface area (Å²) in [4.78, 5) is 4.63. The van der Waals surface area contributed by atoms with E-state index in [1.54, 1.807) is 18.4 Å². The zero-order valence-electron chi connectivity index (χ0n) is 13.5. The van der Waals surface area contributed by atoms with Gasteiger partial charge in [-0.1, -0.05) is 0 Å². The molecule has 0 spiro atoms. The van der Waals surface area contributed by atoms with E-state index in [0.29, 0.717) is 6.61 Å². The maximum atomic E-state index is 5.44. The number of methoxy groups -OCH3 is 1. The van der Waals surface area contributed by atoms with Gasteiger partial charge < -0.3 is 14.8 Å². The molecule has 0 aliphatic heterocycles. The number of nitrogens with one attached hydrogen (secondary N) is 1. The molecular weight excluding hydrogens is 388 g/mol. The summed E-state index contributed by atoms with van der Waals surface area (Å²) in [6.45, 7) is 2.65. The maximum Gasteiger partial charge on any atom is 0.187 e. The van der Waals surface area contributed by atoms with Crippen LogP contribution in [0.4, 0.5) is 10.8 Å². The molecule has 1 N–H and O–H groups in total. The predicted octanol–water partition coefficient (Wildman–Crippen LogP) is 5.54. The van der Waals surface area contributed by atoms with Gasteiger partial charge in [-0.15, -0.1) is 28.3 Å². The third kappa shape index (κ3) is 4.49. The van der Waals surface area contributed by atoms with Crippen LogP contribution >= 0.6 is 28.3 Å². The van der Waals surface area contributed by atoms with E-state index in [1.807, 2.05) is 60.8 Å². The Balaban J connectivity index is 0.00000208. The number of rotatable bonds is 6. The van der Waals surface area contributed by atoms with Crippen molar-refractivity contribution in [2.45, 2.75) is 6.92 Å². The monoisotopic (exact) mass is 406 g/mol. The van der Waals surface area contributed by atoms with Crippen molar-refractivity contribution >= 4 is 39.1 Å². The second-order valence-corrected chi connectivity index (χ2v) is 5.71. The number of benzene rings is 2. The molecule has 3 rings (SSSR count). The van der Waals surface area contributed by atoms with Crippen LogP contribution in [0.3, 0.4) is 0 Å². The minimum absolute atomic E-state index is 0. The van der Waals surface area contributed by atoms with E-state index in [0.717, 1.165) is 33.6 Å². The van der Waals surface area contributed by atoms with Gasteiger partial charge in [-0.25, -0.2) is 4.98 Å². The molecule has 1 aromatic heterocycles. The molecule has 0 fully saturated rings. The quantitative estimate of drug-likeness (QED) is 0.583. The van der Waals surface area contributed by atoms with Crippen molar-refractivity contribution in [1.82, 2.24) is 4.98 Å². The van der Waals surface area contributed by atoms with Gasteiger partial charge in [0.2, 0.25) is 0 Å². The number of hydrogen-bond donors (Lipinski definition) is 1. The minimum Gasteiger partial charge on any atom is -0.497 e. The molecule has 24 heavy (non-hydrogen) atoms. The fraction of sp³-hybridized carbons (Fsp3) is 0.167. The van der Waals surface area contributed by atoms with Crippen molar-refractivity contribution in [3.05, 3.63) is 53.9 Å². The second-order valence-electron chi connectivity index (χ2n) is 4.85. The molecule has 0 radical (unpaired) electrons. The third-order valence-corrected chi connectivity index (χ3v) is 4.06. The first-order valence-electron chi connectivity index (χ1n) is 7.38. The first-order valence-corrected chi connectivity index (χ1v) is 8.26. The standard InChI is InChI=1S/C18H18N2O2S.BrH/c1-3-22-16-10-6-14(7-11-16)19-18-20-17(12-23-18)13-4-8-15(21-2)9-5-13;/h4-12H,3H2,1-2H3,(H,19,20);1H. The lowest BCUT2D eigenvalue weighted by atomic mass is 10.2. The highest BCUT2D eigenvalue weighted by Gasteiger charge is 2.05. The number of hydrogen-bond acceptors (Lipinski definition) is 5. The Morgan fingerprint density at radius 3 is 2.29 bits per heavy atom. The molecule has 0 aliphatic carbocycles. The lowest BCUT2D eigenvalue weighted by Gasteiger charge is -2.05. The van der Waals surface area contributed by atoms with Gasteiger partial charge >= 0.3 is 0 Å². The molecular formula is C18H19BrN2O2S. The fourth-order valence-electron chi connectivity index (χ4n) is 2.15. The molecule has 4 nitrogen and oxygen atoms in total. The lowest BCUT2D eigenvalue weighted by Crippen LogP contribution is -1.92. The van der Waals surface area contributed by atoms with Crippen molar-refractivity contribution < 1.29 is 9.47 Å². The van der Waals surface area contributed by atoms with Gasteiger partial charge in [0, 0.05) is 16.6 Å². The average Bonchev–Trinajstić information content (AvgIpc) is 3.05. The topological polar surface area (TPSA) is 43.4 Å². The number of nitrogens with zero attached hydrogens (tertiary/aromatic N) is 1. The number of halogens is 1. The van der Waals surface area contributed by atoms with Crippen LogP contribution in [-0.4, -0.2) is 18.7 Å². The lowest BCUT2D eigenvalue weighted by molar-refractivity contribution is 0.340. The molecule has 0 saturated heterocycles. The number of anilines is 2. The molecule has 3 aromatic rings. The van der Waals surface area contributed by atoms with Gasteiger partial charge in [0.25, 0.3) is 0 Å². The summed E-state index contributed by atoms with van der Waals surface area (Å²) in [5.41, 5.74) is 3.01. The minimum atomic E-state index is 0. The van der Waals surface area contributed by atoms with Gasteiger partial charge in [0.15, 0.2) is 5.13 Å². The van der Waals surface area contributed by atoms with E-state index in [-0.39, 0.29) is 17.0 Å². The van der Waals surface area contributed by atoms with E-state index in [4.69, 9.17) is 9.47 Å². The summed E-state index contributed by atoms with van der Waals surface area (Å²) in [5, 5.41) is 6.21. The molecule has 2 aromatic carbocycles. The van der Waals surface area contributed by atoms with E-state index < -0.39 is 0 Å². The Morgan fingerprint density at radius 1 is 1.00 bits per heavy atom. The van der Waals surface area contributed by atoms with E-state index >= 15 is 0 Å². The van der Waals surface area contributed by atoms with Crippen LogP contribution in [0.2, 0.25) is 0 Å². The van der Waals surface area contributed by atoms with Crippen molar-refractivity contribution in [2.75, 3.05) is 19.0 Å². The van der Waals surface area contributed by atoms with Crippen LogP contribution in [-0.2, 0) is 0 Å². The predicted molar refractivity (Wildman–Crippen MR) is 105 cm³/mol. The first-order chi connectivity index (χ1) is 11.3. The van der Waals surface area contributed by atoms with Crippen molar-refractivity contribution in [3.63, 3.8) is 0 Å². The summed E-state index contributed by atoms with van der Waals surface area (Å²) in [5.74, 6) is 1.72. The number of thiazole rings is 1. The molecule has 0 saturated carbocycles. The van der Waals surface area contributed by atoms with Crippen molar-refractivity contribution in [1.29, 1.82) is 0 Å². The highest BCUT2D eigenvalue weighted by Crippen LogP contribution is 2.28. The van der Waals surface area contributed by atoms with Gasteiger partial charge in [0.1, 0.15) is 11.5 Å². The van der Waals surface area contributed by atoms with Gasteiger partial charge in [0.05, 0.1) is 19.4 Å².